The SMILES string of the molecule is CC(C)C#CCNC(=O)COCCO[C@](C)(COc1cccc(C(=O)NCCNC(C)C)c1)SC#N. The number of amides is 2. The fourth-order valence-corrected chi connectivity index (χ4v) is 3.16. The highest BCUT2D eigenvalue weighted by Gasteiger charge is 2.28. The van der Waals surface area contributed by atoms with Gasteiger partial charge in [0.1, 0.15) is 24.4 Å². The van der Waals surface area contributed by atoms with E-state index in [-0.39, 0.29) is 50.7 Å². The Morgan fingerprint density at radius 2 is 1.92 bits per heavy atom. The van der Waals surface area contributed by atoms with Crippen molar-refractivity contribution in [3.8, 4) is 23.0 Å². The van der Waals surface area contributed by atoms with Gasteiger partial charge in [-0.1, -0.05) is 45.6 Å². The van der Waals surface area contributed by atoms with Crippen LogP contribution in [0.5, 0.6) is 5.75 Å². The van der Waals surface area contributed by atoms with Gasteiger partial charge in [0.2, 0.25) is 5.91 Å². The summed E-state index contributed by atoms with van der Waals surface area (Å²) in [5, 5.41) is 20.0. The topological polar surface area (TPSA) is 122 Å². The molecule has 1 atom stereocenters. The zero-order valence-electron chi connectivity index (χ0n) is 21.8. The van der Waals surface area contributed by atoms with Crippen LogP contribution < -0.4 is 20.7 Å². The molecule has 0 aliphatic rings. The molecule has 0 aliphatic heterocycles. The Kier molecular flexibility index (Phi) is 15.3. The number of nitrogens with one attached hydrogen (secondary N) is 3. The zero-order chi connectivity index (χ0) is 26.8. The van der Waals surface area contributed by atoms with Gasteiger partial charge in [0.05, 0.1) is 19.8 Å². The first-order valence-corrected chi connectivity index (χ1v) is 12.7. The molecule has 0 bridgehead atoms. The number of benzene rings is 1. The van der Waals surface area contributed by atoms with Gasteiger partial charge in [-0.25, -0.2) is 0 Å². The highest BCUT2D eigenvalue weighted by molar-refractivity contribution is 8.04. The summed E-state index contributed by atoms with van der Waals surface area (Å²) < 4.78 is 17.0. The largest absolute Gasteiger partial charge is 0.490 e. The van der Waals surface area contributed by atoms with Crippen molar-refractivity contribution in [1.82, 2.24) is 16.0 Å². The minimum Gasteiger partial charge on any atom is -0.490 e. The summed E-state index contributed by atoms with van der Waals surface area (Å²) in [6.07, 6.45) is 0. The Hall–Kier alpha value is -2.76. The molecule has 198 valence electrons. The van der Waals surface area contributed by atoms with Gasteiger partial charge in [-0.3, -0.25) is 9.59 Å². The van der Waals surface area contributed by atoms with Crippen LogP contribution in [0.3, 0.4) is 0 Å². The van der Waals surface area contributed by atoms with E-state index in [1.807, 2.05) is 33.1 Å². The second-order valence-corrected chi connectivity index (χ2v) is 9.91. The molecule has 36 heavy (non-hydrogen) atoms. The summed E-state index contributed by atoms with van der Waals surface area (Å²) in [7, 11) is 0. The third-order valence-electron chi connectivity index (χ3n) is 4.45. The van der Waals surface area contributed by atoms with Crippen LogP contribution in [0.15, 0.2) is 24.3 Å². The molecule has 1 aromatic rings. The number of carbonyl (C=O) groups is 2. The summed E-state index contributed by atoms with van der Waals surface area (Å²) in [6.45, 7) is 11.6. The summed E-state index contributed by atoms with van der Waals surface area (Å²) >= 11 is 0.927. The van der Waals surface area contributed by atoms with Crippen molar-refractivity contribution in [2.75, 3.05) is 46.1 Å². The Bertz CT molecular complexity index is 923. The average molecular weight is 519 g/mol. The Labute approximate surface area is 219 Å². The minimum atomic E-state index is -0.965. The van der Waals surface area contributed by atoms with Crippen molar-refractivity contribution >= 4 is 23.6 Å². The highest BCUT2D eigenvalue weighted by atomic mass is 32.2. The molecule has 0 unspecified atom stereocenters. The van der Waals surface area contributed by atoms with E-state index in [4.69, 9.17) is 14.2 Å². The van der Waals surface area contributed by atoms with E-state index in [9.17, 15) is 14.9 Å². The van der Waals surface area contributed by atoms with Crippen LogP contribution in [-0.4, -0.2) is 68.9 Å². The van der Waals surface area contributed by atoms with Gasteiger partial charge in [-0.05, 0) is 36.9 Å². The second-order valence-electron chi connectivity index (χ2n) is 8.66. The predicted octanol–water partition coefficient (Wildman–Crippen LogP) is 2.53. The van der Waals surface area contributed by atoms with Gasteiger partial charge in [0.25, 0.3) is 5.91 Å². The summed E-state index contributed by atoms with van der Waals surface area (Å²) in [4.78, 5) is 23.2. The molecule has 2 amide bonds. The molecule has 9 nitrogen and oxygen atoms in total. The van der Waals surface area contributed by atoms with E-state index >= 15 is 0 Å². The molecule has 0 radical (unpaired) electrons. The molecule has 10 heteroatoms. The fraction of sp³-hybridized carbons (Fsp3) is 0.577. The van der Waals surface area contributed by atoms with Crippen LogP contribution >= 0.6 is 11.8 Å². The van der Waals surface area contributed by atoms with Crippen molar-refractivity contribution in [3.05, 3.63) is 29.8 Å². The number of hydrogen-bond donors (Lipinski definition) is 3. The first-order chi connectivity index (χ1) is 17.1. The molecule has 0 saturated heterocycles. The van der Waals surface area contributed by atoms with Gasteiger partial charge >= 0.3 is 0 Å². The smallest absolute Gasteiger partial charge is 0.251 e. The van der Waals surface area contributed by atoms with E-state index in [2.05, 4.69) is 27.8 Å². The number of rotatable bonds is 16. The number of carbonyl (C=O) groups excluding carboxylic acids is 2. The average Bonchev–Trinajstić information content (AvgIpc) is 2.83. The lowest BCUT2D eigenvalue weighted by atomic mass is 10.2. The number of nitrogens with zero attached hydrogens (tertiary/aromatic N) is 1. The fourth-order valence-electron chi connectivity index (χ4n) is 2.71. The summed E-state index contributed by atoms with van der Waals surface area (Å²) in [5.74, 6) is 6.13. The number of thioether (sulfide) groups is 1. The standard InChI is InChI=1S/C26H38N4O5S/c1-20(2)8-7-11-29-24(31)17-33-14-15-35-26(5,36-19-27)18-34-23-10-6-9-22(16-23)25(32)30-13-12-28-21(3)4/h6,9-10,16,20-21,28H,11-15,17-18H2,1-5H3,(H,29,31)(H,30,32)/t26-/m0/s1. The van der Waals surface area contributed by atoms with Crippen LogP contribution in [0.4, 0.5) is 0 Å². The van der Waals surface area contributed by atoms with Gasteiger partial charge < -0.3 is 30.2 Å². The van der Waals surface area contributed by atoms with E-state index in [0.717, 1.165) is 11.8 Å². The van der Waals surface area contributed by atoms with Gasteiger partial charge in [-0.15, -0.1) is 0 Å². The van der Waals surface area contributed by atoms with Crippen molar-refractivity contribution in [1.29, 1.82) is 5.26 Å². The molecule has 0 saturated carbocycles. The van der Waals surface area contributed by atoms with Crippen molar-refractivity contribution in [2.24, 2.45) is 5.92 Å². The van der Waals surface area contributed by atoms with Gasteiger partial charge in [0.15, 0.2) is 4.93 Å². The first kappa shape index (κ1) is 31.3. The van der Waals surface area contributed by atoms with Crippen LogP contribution in [0, 0.1) is 28.4 Å². The lowest BCUT2D eigenvalue weighted by Gasteiger charge is -2.26. The minimum absolute atomic E-state index is 0.0730. The Morgan fingerprint density at radius 1 is 1.14 bits per heavy atom. The normalized spacial score (nSPS) is 12.3. The molecule has 0 aliphatic carbocycles. The lowest BCUT2D eigenvalue weighted by molar-refractivity contribution is -0.126. The number of hydrogen-bond acceptors (Lipinski definition) is 8. The molecule has 1 rings (SSSR count). The molecule has 0 spiro atoms. The molecular formula is C26H38N4O5S. The van der Waals surface area contributed by atoms with Crippen LogP contribution in [0.25, 0.3) is 0 Å². The Balaban J connectivity index is 2.44. The second kappa shape index (κ2) is 17.6. The lowest BCUT2D eigenvalue weighted by Crippen LogP contribution is -2.35. The maximum Gasteiger partial charge on any atom is 0.251 e. The van der Waals surface area contributed by atoms with Gasteiger partial charge in [-0.2, -0.15) is 5.26 Å². The van der Waals surface area contributed by atoms with E-state index in [0.29, 0.717) is 30.4 Å². The maximum atomic E-state index is 12.4. The molecule has 0 heterocycles. The number of ether oxygens (including phenoxy) is 3. The molecule has 3 N–H and O–H groups in total. The molecular weight excluding hydrogens is 480 g/mol. The summed E-state index contributed by atoms with van der Waals surface area (Å²) in [5.41, 5.74) is 0.481. The third-order valence-corrected chi connectivity index (χ3v) is 5.21. The van der Waals surface area contributed by atoms with E-state index < -0.39 is 4.93 Å². The van der Waals surface area contributed by atoms with Crippen molar-refractivity contribution in [2.45, 2.75) is 45.6 Å². The Morgan fingerprint density at radius 3 is 2.61 bits per heavy atom. The zero-order valence-corrected chi connectivity index (χ0v) is 22.6. The van der Waals surface area contributed by atoms with Crippen LogP contribution in [0.2, 0.25) is 0 Å². The van der Waals surface area contributed by atoms with Gasteiger partial charge in [0, 0.05) is 30.6 Å². The van der Waals surface area contributed by atoms with Crippen molar-refractivity contribution in [3.63, 3.8) is 0 Å². The maximum absolute atomic E-state index is 12.4. The molecule has 0 fully saturated rings. The number of nitriles is 1. The van der Waals surface area contributed by atoms with E-state index in [1.165, 1.54) is 0 Å². The highest BCUT2D eigenvalue weighted by Crippen LogP contribution is 2.27. The quantitative estimate of drug-likeness (QED) is 0.132. The number of thiocyanates is 1. The van der Waals surface area contributed by atoms with Crippen LogP contribution in [0.1, 0.15) is 45.0 Å². The molecule has 0 aromatic heterocycles. The van der Waals surface area contributed by atoms with E-state index in [1.54, 1.807) is 31.2 Å². The first-order valence-electron chi connectivity index (χ1n) is 11.9. The molecule has 1 aromatic carbocycles. The van der Waals surface area contributed by atoms with Crippen LogP contribution in [-0.2, 0) is 14.3 Å². The van der Waals surface area contributed by atoms with Crippen molar-refractivity contribution < 1.29 is 23.8 Å². The third kappa shape index (κ3) is 14.6. The summed E-state index contributed by atoms with van der Waals surface area (Å²) in [6, 6.07) is 7.19. The monoisotopic (exact) mass is 518 g/mol. The predicted molar refractivity (Wildman–Crippen MR) is 141 cm³/mol.